The second kappa shape index (κ2) is 7.37. The van der Waals surface area contributed by atoms with Crippen LogP contribution in [-0.2, 0) is 9.53 Å². The normalized spacial score (nSPS) is 11.5. The van der Waals surface area contributed by atoms with Crippen molar-refractivity contribution in [3.05, 3.63) is 29.6 Å². The quantitative estimate of drug-likeness (QED) is 0.742. The van der Waals surface area contributed by atoms with Gasteiger partial charge in [0, 0.05) is 0 Å². The second-order valence-corrected chi connectivity index (χ2v) is 4.00. The average Bonchev–Trinajstić information content (AvgIpc) is 2.42. The number of unbranched alkanes of at least 4 members (excludes halogenated alkanes) is 1. The van der Waals surface area contributed by atoms with Crippen molar-refractivity contribution in [2.24, 2.45) is 0 Å². The van der Waals surface area contributed by atoms with E-state index in [0.29, 0.717) is 6.42 Å². The summed E-state index contributed by atoms with van der Waals surface area (Å²) >= 11 is 0. The Bertz CT molecular complexity index is 482. The number of nitriles is 1. The SMILES string of the molecule is CCCCC(Oc1cccc(F)c1C#N)C(=O)OC. The number of methoxy groups -OCH3 is 1. The molecular weight excluding hydrogens is 249 g/mol. The highest BCUT2D eigenvalue weighted by atomic mass is 19.1. The van der Waals surface area contributed by atoms with Crippen LogP contribution in [0.25, 0.3) is 0 Å². The number of ether oxygens (including phenoxy) is 2. The maximum atomic E-state index is 13.4. The molecule has 1 aromatic carbocycles. The highest BCUT2D eigenvalue weighted by molar-refractivity contribution is 5.75. The van der Waals surface area contributed by atoms with E-state index in [-0.39, 0.29) is 11.3 Å². The fraction of sp³-hybridized carbons (Fsp3) is 0.429. The first-order valence-electron chi connectivity index (χ1n) is 6.07. The maximum Gasteiger partial charge on any atom is 0.347 e. The van der Waals surface area contributed by atoms with E-state index in [1.807, 2.05) is 6.92 Å². The molecule has 102 valence electrons. The zero-order valence-corrected chi connectivity index (χ0v) is 11.0. The van der Waals surface area contributed by atoms with E-state index in [1.54, 1.807) is 6.07 Å². The molecule has 1 atom stereocenters. The van der Waals surface area contributed by atoms with Gasteiger partial charge in [-0.1, -0.05) is 19.4 Å². The zero-order valence-electron chi connectivity index (χ0n) is 11.0. The van der Waals surface area contributed by atoms with E-state index in [9.17, 15) is 9.18 Å². The predicted molar refractivity (Wildman–Crippen MR) is 67.1 cm³/mol. The Morgan fingerprint density at radius 1 is 1.53 bits per heavy atom. The third-order valence-corrected chi connectivity index (χ3v) is 2.64. The molecule has 0 N–H and O–H groups in total. The highest BCUT2D eigenvalue weighted by Gasteiger charge is 2.22. The Hall–Kier alpha value is -2.09. The van der Waals surface area contributed by atoms with Crippen molar-refractivity contribution in [1.82, 2.24) is 0 Å². The molecule has 0 saturated carbocycles. The molecule has 0 amide bonds. The number of hydrogen-bond donors (Lipinski definition) is 0. The summed E-state index contributed by atoms with van der Waals surface area (Å²) < 4.78 is 23.5. The Balaban J connectivity index is 2.93. The lowest BCUT2D eigenvalue weighted by Gasteiger charge is -2.17. The van der Waals surface area contributed by atoms with E-state index < -0.39 is 17.9 Å². The molecule has 0 saturated heterocycles. The van der Waals surface area contributed by atoms with E-state index in [2.05, 4.69) is 4.74 Å². The first-order chi connectivity index (χ1) is 9.13. The van der Waals surface area contributed by atoms with Gasteiger partial charge in [0.05, 0.1) is 7.11 Å². The van der Waals surface area contributed by atoms with Crippen LogP contribution in [0.1, 0.15) is 31.7 Å². The molecule has 1 unspecified atom stereocenters. The Morgan fingerprint density at radius 2 is 2.26 bits per heavy atom. The zero-order chi connectivity index (χ0) is 14.3. The number of carbonyl (C=O) groups is 1. The van der Waals surface area contributed by atoms with E-state index >= 15 is 0 Å². The van der Waals surface area contributed by atoms with Gasteiger partial charge in [-0.25, -0.2) is 9.18 Å². The molecule has 5 heteroatoms. The van der Waals surface area contributed by atoms with Crippen LogP contribution in [0.3, 0.4) is 0 Å². The second-order valence-electron chi connectivity index (χ2n) is 4.00. The van der Waals surface area contributed by atoms with Gasteiger partial charge in [-0.2, -0.15) is 5.26 Å². The van der Waals surface area contributed by atoms with Crippen LogP contribution >= 0.6 is 0 Å². The number of hydrogen-bond acceptors (Lipinski definition) is 4. The van der Waals surface area contributed by atoms with Crippen molar-refractivity contribution in [1.29, 1.82) is 5.26 Å². The third-order valence-electron chi connectivity index (χ3n) is 2.64. The average molecular weight is 265 g/mol. The van der Waals surface area contributed by atoms with Crippen molar-refractivity contribution in [2.45, 2.75) is 32.3 Å². The molecule has 0 spiro atoms. The Labute approximate surface area is 111 Å². The Kier molecular flexibility index (Phi) is 5.80. The van der Waals surface area contributed by atoms with Crippen LogP contribution in [0, 0.1) is 17.1 Å². The monoisotopic (exact) mass is 265 g/mol. The maximum absolute atomic E-state index is 13.4. The summed E-state index contributed by atoms with van der Waals surface area (Å²) in [5.74, 6) is -1.13. The van der Waals surface area contributed by atoms with Crippen LogP contribution in [-0.4, -0.2) is 19.2 Å². The van der Waals surface area contributed by atoms with Gasteiger partial charge < -0.3 is 9.47 Å². The fourth-order valence-corrected chi connectivity index (χ4v) is 1.61. The van der Waals surface area contributed by atoms with Gasteiger partial charge in [0.1, 0.15) is 23.2 Å². The molecule has 19 heavy (non-hydrogen) atoms. The number of esters is 1. The van der Waals surface area contributed by atoms with Crippen LogP contribution in [0.5, 0.6) is 5.75 Å². The van der Waals surface area contributed by atoms with Crippen molar-refractivity contribution >= 4 is 5.97 Å². The predicted octanol–water partition coefficient (Wildman–Crippen LogP) is 2.81. The molecule has 4 nitrogen and oxygen atoms in total. The third kappa shape index (κ3) is 3.95. The molecule has 1 rings (SSSR count). The lowest BCUT2D eigenvalue weighted by molar-refractivity contribution is -0.149. The summed E-state index contributed by atoms with van der Waals surface area (Å²) in [5, 5.41) is 8.90. The molecule has 0 radical (unpaired) electrons. The van der Waals surface area contributed by atoms with E-state index in [4.69, 9.17) is 10.00 Å². The summed E-state index contributed by atoms with van der Waals surface area (Å²) in [6.07, 6.45) is 1.31. The molecule has 0 aromatic heterocycles. The number of halogens is 1. The minimum atomic E-state index is -0.821. The number of rotatable bonds is 6. The molecule has 0 heterocycles. The number of nitrogens with zero attached hydrogens (tertiary/aromatic N) is 1. The highest BCUT2D eigenvalue weighted by Crippen LogP contribution is 2.23. The summed E-state index contributed by atoms with van der Waals surface area (Å²) in [4.78, 5) is 11.6. The molecule has 1 aromatic rings. The molecular formula is C14H16FNO3. The van der Waals surface area contributed by atoms with Gasteiger partial charge in [-0.3, -0.25) is 0 Å². The van der Waals surface area contributed by atoms with Crippen molar-refractivity contribution in [3.8, 4) is 11.8 Å². The number of carbonyl (C=O) groups excluding carboxylic acids is 1. The van der Waals surface area contributed by atoms with Crippen LogP contribution in [0.15, 0.2) is 18.2 Å². The molecule has 0 aliphatic heterocycles. The first kappa shape index (κ1) is 15.0. The van der Waals surface area contributed by atoms with Crippen molar-refractivity contribution in [3.63, 3.8) is 0 Å². The summed E-state index contributed by atoms with van der Waals surface area (Å²) in [6.45, 7) is 1.98. The molecule has 0 aliphatic carbocycles. The van der Waals surface area contributed by atoms with Gasteiger partial charge in [0.25, 0.3) is 0 Å². The standard InChI is InChI=1S/C14H16FNO3/c1-3-4-7-13(14(17)18-2)19-12-8-5-6-11(15)10(12)9-16/h5-6,8,13H,3-4,7H2,1-2H3. The Morgan fingerprint density at radius 3 is 2.84 bits per heavy atom. The van der Waals surface area contributed by atoms with Gasteiger partial charge >= 0.3 is 5.97 Å². The summed E-state index contributed by atoms with van der Waals surface area (Å²) in [5.41, 5.74) is -0.201. The minimum absolute atomic E-state index is 0.0639. The summed E-state index contributed by atoms with van der Waals surface area (Å²) in [6, 6.07) is 5.79. The molecule has 0 fully saturated rings. The lowest BCUT2D eigenvalue weighted by atomic mass is 10.1. The topological polar surface area (TPSA) is 59.3 Å². The van der Waals surface area contributed by atoms with E-state index in [0.717, 1.165) is 12.8 Å². The van der Waals surface area contributed by atoms with Crippen LogP contribution in [0.4, 0.5) is 4.39 Å². The van der Waals surface area contributed by atoms with E-state index in [1.165, 1.54) is 25.3 Å². The van der Waals surface area contributed by atoms with Crippen molar-refractivity contribution < 1.29 is 18.7 Å². The first-order valence-corrected chi connectivity index (χ1v) is 6.07. The van der Waals surface area contributed by atoms with Crippen LogP contribution < -0.4 is 4.74 Å². The van der Waals surface area contributed by atoms with Gasteiger partial charge in [0.15, 0.2) is 6.10 Å². The largest absolute Gasteiger partial charge is 0.477 e. The van der Waals surface area contributed by atoms with Gasteiger partial charge in [-0.15, -0.1) is 0 Å². The van der Waals surface area contributed by atoms with Crippen molar-refractivity contribution in [2.75, 3.05) is 7.11 Å². The minimum Gasteiger partial charge on any atom is -0.477 e. The van der Waals surface area contributed by atoms with Gasteiger partial charge in [0.2, 0.25) is 0 Å². The lowest BCUT2D eigenvalue weighted by Crippen LogP contribution is -2.28. The molecule has 0 aliphatic rings. The number of benzene rings is 1. The molecule has 0 bridgehead atoms. The fourth-order valence-electron chi connectivity index (χ4n) is 1.61. The smallest absolute Gasteiger partial charge is 0.347 e. The van der Waals surface area contributed by atoms with Crippen LogP contribution in [0.2, 0.25) is 0 Å². The van der Waals surface area contributed by atoms with Gasteiger partial charge in [-0.05, 0) is 25.0 Å². The summed E-state index contributed by atoms with van der Waals surface area (Å²) in [7, 11) is 1.27.